The molecule has 0 aromatic carbocycles. The summed E-state index contributed by atoms with van der Waals surface area (Å²) in [6.45, 7) is 4.17. The maximum atomic E-state index is 10.8. The largest absolute Gasteiger partial charge is 0.477 e. The molecule has 5 heteroatoms. The Morgan fingerprint density at radius 3 is 2.89 bits per heavy atom. The van der Waals surface area contributed by atoms with Crippen molar-refractivity contribution in [2.24, 2.45) is 0 Å². The van der Waals surface area contributed by atoms with Gasteiger partial charge in [-0.15, -0.1) is 11.3 Å². The molecule has 0 fully saturated rings. The van der Waals surface area contributed by atoms with Gasteiger partial charge in [0.05, 0.1) is 0 Å². The van der Waals surface area contributed by atoms with E-state index in [1.807, 2.05) is 0 Å². The average Bonchev–Trinajstić information content (AvgIpc) is 2.74. The van der Waals surface area contributed by atoms with Crippen molar-refractivity contribution >= 4 is 23.0 Å². The minimum absolute atomic E-state index is 0.0594. The van der Waals surface area contributed by atoms with Crippen LogP contribution in [0.4, 0.5) is 5.69 Å². The predicted octanol–water partition coefficient (Wildman–Crippen LogP) is 3.19. The van der Waals surface area contributed by atoms with Crippen LogP contribution in [0.5, 0.6) is 0 Å². The minimum atomic E-state index is -1.01. The number of rotatable bonds is 5. The molecule has 2 rings (SSSR count). The monoisotopic (exact) mass is 276 g/mol. The van der Waals surface area contributed by atoms with Crippen molar-refractivity contribution in [3.63, 3.8) is 0 Å². The van der Waals surface area contributed by atoms with Crippen molar-refractivity contribution < 1.29 is 9.90 Å². The Bertz CT molecular complexity index is 580. The smallest absolute Gasteiger partial charge is 0.354 e. The molecule has 0 saturated carbocycles. The number of nitrogens with one attached hydrogen (secondary N) is 1. The molecule has 2 N–H and O–H groups in total. The minimum Gasteiger partial charge on any atom is -0.477 e. The van der Waals surface area contributed by atoms with Crippen molar-refractivity contribution in [2.75, 3.05) is 5.32 Å². The lowest BCUT2D eigenvalue weighted by molar-refractivity contribution is 0.0690. The van der Waals surface area contributed by atoms with E-state index in [1.165, 1.54) is 16.0 Å². The van der Waals surface area contributed by atoms with Gasteiger partial charge in [-0.1, -0.05) is 0 Å². The molecule has 4 nitrogen and oxygen atoms in total. The van der Waals surface area contributed by atoms with Crippen LogP contribution in [-0.4, -0.2) is 22.1 Å². The number of carboxylic acid groups (broad SMARTS) is 1. The number of aryl methyl sites for hydroxylation is 1. The number of carbonyl (C=O) groups is 1. The van der Waals surface area contributed by atoms with Gasteiger partial charge in [0.25, 0.3) is 0 Å². The Hall–Kier alpha value is -1.88. The first-order valence-corrected chi connectivity index (χ1v) is 6.87. The normalized spacial score (nSPS) is 12.1. The van der Waals surface area contributed by atoms with Crippen molar-refractivity contribution in [2.45, 2.75) is 26.3 Å². The van der Waals surface area contributed by atoms with Gasteiger partial charge in [-0.2, -0.15) is 0 Å². The van der Waals surface area contributed by atoms with Crippen molar-refractivity contribution in [3.05, 3.63) is 45.9 Å². The molecule has 2 aromatic rings. The second kappa shape index (κ2) is 5.84. The number of pyridine rings is 1. The van der Waals surface area contributed by atoms with Gasteiger partial charge < -0.3 is 10.4 Å². The number of hydrogen-bond donors (Lipinski definition) is 2. The lowest BCUT2D eigenvalue weighted by Crippen LogP contribution is -2.18. The highest BCUT2D eigenvalue weighted by Crippen LogP contribution is 2.18. The number of nitrogens with zero attached hydrogens (tertiary/aromatic N) is 1. The fraction of sp³-hybridized carbons (Fsp3) is 0.286. The van der Waals surface area contributed by atoms with E-state index in [-0.39, 0.29) is 11.7 Å². The number of thiophene rings is 1. The fourth-order valence-corrected chi connectivity index (χ4v) is 2.89. The zero-order valence-corrected chi connectivity index (χ0v) is 11.7. The molecular formula is C14H16N2O2S. The molecule has 1 atom stereocenters. The van der Waals surface area contributed by atoms with Gasteiger partial charge >= 0.3 is 5.97 Å². The summed E-state index contributed by atoms with van der Waals surface area (Å²) in [6.07, 6.45) is 2.43. The van der Waals surface area contributed by atoms with Crippen LogP contribution in [0.2, 0.25) is 0 Å². The van der Waals surface area contributed by atoms with E-state index in [4.69, 9.17) is 5.11 Å². The Labute approximate surface area is 116 Å². The number of anilines is 1. The van der Waals surface area contributed by atoms with Gasteiger partial charge in [0, 0.05) is 34.1 Å². The van der Waals surface area contributed by atoms with E-state index in [0.29, 0.717) is 0 Å². The standard InChI is InChI=1S/C14H16N2O2S/c1-9(7-12-4-3-10(2)19-12)16-11-5-6-15-13(8-11)14(17)18/h3-6,8-9H,7H2,1-2H3,(H,15,16)(H,17,18). The van der Waals surface area contributed by atoms with E-state index < -0.39 is 5.97 Å². The highest BCUT2D eigenvalue weighted by atomic mass is 32.1. The summed E-state index contributed by atoms with van der Waals surface area (Å²) in [5.41, 5.74) is 0.845. The number of hydrogen-bond acceptors (Lipinski definition) is 4. The maximum absolute atomic E-state index is 10.8. The first kappa shape index (κ1) is 13.5. The van der Waals surface area contributed by atoms with Crippen LogP contribution in [0.25, 0.3) is 0 Å². The summed E-state index contributed by atoms with van der Waals surface area (Å²) >= 11 is 1.79. The first-order valence-electron chi connectivity index (χ1n) is 6.06. The molecular weight excluding hydrogens is 260 g/mol. The van der Waals surface area contributed by atoms with E-state index >= 15 is 0 Å². The third-order valence-electron chi connectivity index (χ3n) is 2.70. The second-order valence-electron chi connectivity index (χ2n) is 4.50. The topological polar surface area (TPSA) is 62.2 Å². The summed E-state index contributed by atoms with van der Waals surface area (Å²) in [5.74, 6) is -1.01. The van der Waals surface area contributed by atoms with Crippen LogP contribution in [-0.2, 0) is 6.42 Å². The third-order valence-corrected chi connectivity index (χ3v) is 3.72. The molecule has 2 heterocycles. The molecule has 0 aliphatic carbocycles. The Morgan fingerprint density at radius 1 is 1.47 bits per heavy atom. The van der Waals surface area contributed by atoms with Crippen LogP contribution in [0.15, 0.2) is 30.5 Å². The Morgan fingerprint density at radius 2 is 2.26 bits per heavy atom. The second-order valence-corrected chi connectivity index (χ2v) is 5.87. The quantitative estimate of drug-likeness (QED) is 0.880. The molecule has 1 unspecified atom stereocenters. The predicted molar refractivity (Wildman–Crippen MR) is 77.0 cm³/mol. The van der Waals surface area contributed by atoms with Gasteiger partial charge in [-0.25, -0.2) is 9.78 Å². The summed E-state index contributed by atoms with van der Waals surface area (Å²) in [6, 6.07) is 7.82. The van der Waals surface area contributed by atoms with Crippen LogP contribution in [0.1, 0.15) is 27.2 Å². The Balaban J connectivity index is 2.00. The maximum Gasteiger partial charge on any atom is 0.354 e. The van der Waals surface area contributed by atoms with E-state index in [1.54, 1.807) is 23.5 Å². The highest BCUT2D eigenvalue weighted by molar-refractivity contribution is 7.11. The molecule has 0 spiro atoms. The molecule has 2 aromatic heterocycles. The molecule has 0 aliphatic rings. The molecule has 0 bridgehead atoms. The van der Waals surface area contributed by atoms with E-state index in [9.17, 15) is 4.79 Å². The van der Waals surface area contributed by atoms with Crippen molar-refractivity contribution in [1.82, 2.24) is 4.98 Å². The van der Waals surface area contributed by atoms with Crippen LogP contribution >= 0.6 is 11.3 Å². The number of aromatic carboxylic acids is 1. The SMILES string of the molecule is Cc1ccc(CC(C)Nc2ccnc(C(=O)O)c2)s1. The summed E-state index contributed by atoms with van der Waals surface area (Å²) in [4.78, 5) is 17.3. The lowest BCUT2D eigenvalue weighted by atomic mass is 10.2. The van der Waals surface area contributed by atoms with Gasteiger partial charge in [0.15, 0.2) is 0 Å². The zero-order chi connectivity index (χ0) is 13.8. The number of aromatic nitrogens is 1. The van der Waals surface area contributed by atoms with Crippen LogP contribution < -0.4 is 5.32 Å². The van der Waals surface area contributed by atoms with E-state index in [2.05, 4.69) is 36.3 Å². The molecule has 100 valence electrons. The van der Waals surface area contributed by atoms with Gasteiger partial charge in [-0.05, 0) is 38.1 Å². The van der Waals surface area contributed by atoms with Gasteiger partial charge in [0.2, 0.25) is 0 Å². The highest BCUT2D eigenvalue weighted by Gasteiger charge is 2.08. The molecule has 0 saturated heterocycles. The van der Waals surface area contributed by atoms with Crippen LogP contribution in [0, 0.1) is 6.92 Å². The summed E-state index contributed by atoms with van der Waals surface area (Å²) in [7, 11) is 0. The molecule has 0 radical (unpaired) electrons. The summed E-state index contributed by atoms with van der Waals surface area (Å²) in [5, 5.41) is 12.2. The van der Waals surface area contributed by atoms with Gasteiger partial charge in [0.1, 0.15) is 5.69 Å². The summed E-state index contributed by atoms with van der Waals surface area (Å²) < 4.78 is 0. The zero-order valence-electron chi connectivity index (χ0n) is 10.9. The van der Waals surface area contributed by atoms with Crippen molar-refractivity contribution in [3.8, 4) is 0 Å². The van der Waals surface area contributed by atoms with E-state index in [0.717, 1.165) is 12.1 Å². The van der Waals surface area contributed by atoms with Crippen LogP contribution in [0.3, 0.4) is 0 Å². The molecule has 0 amide bonds. The Kier molecular flexibility index (Phi) is 4.16. The third kappa shape index (κ3) is 3.79. The number of carboxylic acids is 1. The first-order chi connectivity index (χ1) is 9.04. The average molecular weight is 276 g/mol. The molecule has 0 aliphatic heterocycles. The molecule has 19 heavy (non-hydrogen) atoms. The van der Waals surface area contributed by atoms with Crippen molar-refractivity contribution in [1.29, 1.82) is 0 Å². The lowest BCUT2D eigenvalue weighted by Gasteiger charge is -2.14. The fourth-order valence-electron chi connectivity index (χ4n) is 1.87. The van der Waals surface area contributed by atoms with Gasteiger partial charge in [-0.3, -0.25) is 0 Å².